The summed E-state index contributed by atoms with van der Waals surface area (Å²) in [6.45, 7) is 4.98. The van der Waals surface area contributed by atoms with E-state index >= 15 is 0 Å². The molecule has 0 aliphatic rings. The van der Waals surface area contributed by atoms with Crippen LogP contribution in [0.2, 0.25) is 0 Å². The Bertz CT molecular complexity index is 657. The fraction of sp³-hybridized carbons (Fsp3) is 0.143. The first kappa shape index (κ1) is 19.6. The molecular formula is C14H14O6U. The van der Waals surface area contributed by atoms with Crippen LogP contribution in [0.1, 0.15) is 17.3 Å². The predicted octanol–water partition coefficient (Wildman–Crippen LogP) is 2.76. The molecule has 21 heavy (non-hydrogen) atoms. The maximum absolute atomic E-state index is 11.5. The van der Waals surface area contributed by atoms with E-state index in [4.69, 9.17) is 13.9 Å². The van der Waals surface area contributed by atoms with E-state index in [-0.39, 0.29) is 72.3 Å². The summed E-state index contributed by atoms with van der Waals surface area (Å²) < 4.78 is 19.8. The Morgan fingerprint density at radius 1 is 1.33 bits per heavy atom. The molecule has 2 aromatic heterocycles. The molecular weight excluding hydrogens is 502 g/mol. The first-order valence-electron chi connectivity index (χ1n) is 5.26. The molecule has 0 unspecified atom stereocenters. The van der Waals surface area contributed by atoms with Crippen LogP contribution in [0.3, 0.4) is 0 Å². The number of carbonyl (C=O) groups is 2. The Labute approximate surface area is 146 Å². The first-order chi connectivity index (χ1) is 8.99. The Hall–Kier alpha value is -1.45. The van der Waals surface area contributed by atoms with Gasteiger partial charge in [0, 0.05) is 11.6 Å². The van der Waals surface area contributed by atoms with Crippen molar-refractivity contribution >= 4 is 23.1 Å². The summed E-state index contributed by atoms with van der Waals surface area (Å²) in [7, 11) is 4.49. The van der Waals surface area contributed by atoms with E-state index in [0.717, 1.165) is 0 Å². The van der Waals surface area contributed by atoms with Crippen molar-refractivity contribution in [1.29, 1.82) is 0 Å². The first-order valence-corrected chi connectivity index (χ1v) is 5.26. The van der Waals surface area contributed by atoms with Crippen molar-refractivity contribution in [3.8, 4) is 11.5 Å². The number of furan rings is 2. The van der Waals surface area contributed by atoms with Gasteiger partial charge in [0.25, 0.3) is 0 Å². The molecule has 0 atom stereocenters. The van der Waals surface area contributed by atoms with Gasteiger partial charge >= 0.3 is 43.1 Å². The fourth-order valence-electron chi connectivity index (χ4n) is 1.56. The molecule has 6 nitrogen and oxygen atoms in total. The normalized spacial score (nSPS) is 9.48. The van der Waals surface area contributed by atoms with Gasteiger partial charge in [0.1, 0.15) is 5.56 Å². The van der Waals surface area contributed by atoms with Gasteiger partial charge < -0.3 is 26.1 Å². The zero-order valence-electron chi connectivity index (χ0n) is 11.9. The largest absolute Gasteiger partial charge is 2.00 e. The van der Waals surface area contributed by atoms with E-state index < -0.39 is 11.9 Å². The molecule has 0 radical (unpaired) electrons. The van der Waals surface area contributed by atoms with Gasteiger partial charge in [-0.25, -0.2) is 9.59 Å². The predicted molar refractivity (Wildman–Crippen MR) is 71.6 cm³/mol. The van der Waals surface area contributed by atoms with Crippen molar-refractivity contribution < 1.29 is 59.3 Å². The fourth-order valence-corrected chi connectivity index (χ4v) is 1.56. The minimum Gasteiger partial charge on any atom is -0.660 e. The second-order valence-electron chi connectivity index (χ2n) is 3.82. The third kappa shape index (κ3) is 3.42. The molecule has 7 heteroatoms. The summed E-state index contributed by atoms with van der Waals surface area (Å²) in [5.41, 5.74) is 0.734. The van der Waals surface area contributed by atoms with Crippen molar-refractivity contribution in [2.45, 2.75) is 6.92 Å². The van der Waals surface area contributed by atoms with Crippen LogP contribution in [0.4, 0.5) is 0 Å². The average Bonchev–Trinajstić information content (AvgIpc) is 2.95. The van der Waals surface area contributed by atoms with Crippen LogP contribution in [-0.2, 0) is 9.53 Å². The number of hydrogen-bond acceptors (Lipinski definition) is 6. The monoisotopic (exact) mass is 516 g/mol. The summed E-state index contributed by atoms with van der Waals surface area (Å²) in [6, 6.07) is 1.41. The molecule has 2 rings (SSSR count). The van der Waals surface area contributed by atoms with Gasteiger partial charge in [0.15, 0.2) is 16.9 Å². The number of methoxy groups -OCH3 is 1. The zero-order valence-corrected chi connectivity index (χ0v) is 16.1. The summed E-state index contributed by atoms with van der Waals surface area (Å²) >= 11 is 0. The molecule has 0 aliphatic carbocycles. The van der Waals surface area contributed by atoms with Crippen molar-refractivity contribution in [1.82, 2.24) is 0 Å². The van der Waals surface area contributed by atoms with Crippen molar-refractivity contribution in [3.63, 3.8) is 0 Å². The van der Waals surface area contributed by atoms with Gasteiger partial charge in [-0.3, -0.25) is 0 Å². The van der Waals surface area contributed by atoms with Crippen LogP contribution in [0.5, 0.6) is 11.5 Å². The van der Waals surface area contributed by atoms with Crippen LogP contribution in [0, 0.1) is 45.6 Å². The molecule has 0 saturated carbocycles. The summed E-state index contributed by atoms with van der Waals surface area (Å²) in [6.07, 6.45) is 0. The molecule has 2 aromatic rings. The van der Waals surface area contributed by atoms with E-state index in [1.54, 1.807) is 0 Å². The molecule has 0 saturated heterocycles. The van der Waals surface area contributed by atoms with E-state index in [0.29, 0.717) is 0 Å². The molecule has 0 fully saturated rings. The molecule has 2 bridgehead atoms. The topological polar surface area (TPSA) is 75.0 Å². The second kappa shape index (κ2) is 7.53. The van der Waals surface area contributed by atoms with Crippen LogP contribution in [0.25, 0.3) is 11.2 Å². The third-order valence-electron chi connectivity index (χ3n) is 2.46. The minimum atomic E-state index is -0.623. The SMILES string of the molecule is C=C(C)C(=O)Oc1c(O[CH2-])c2oc1cc2C(=O)OC.[CH3-].[U+2]. The number of carbonyl (C=O) groups excluding carboxylic acids is 2. The minimum absolute atomic E-state index is 0. The number of ether oxygens (including phenoxy) is 3. The Kier molecular flexibility index (Phi) is 7.01. The van der Waals surface area contributed by atoms with Gasteiger partial charge in [0.05, 0.1) is 7.11 Å². The molecule has 110 valence electrons. The number of rotatable bonds is 4. The van der Waals surface area contributed by atoms with Gasteiger partial charge in [-0.2, -0.15) is 7.11 Å². The zero-order chi connectivity index (χ0) is 14.2. The standard InChI is InChI=1S/C13H11O6.CH3.U/c1-6(2)12(14)19-10-8-5-7(13(15)17-4)9(18-8)11(10)16-3;;/h5H,1,3H2,2,4H3;1H3;/q2*-1;+2. The van der Waals surface area contributed by atoms with E-state index in [9.17, 15) is 9.59 Å². The van der Waals surface area contributed by atoms with Crippen LogP contribution in [0.15, 0.2) is 22.6 Å². The van der Waals surface area contributed by atoms with Crippen LogP contribution < -0.4 is 9.47 Å². The molecule has 2 heterocycles. The van der Waals surface area contributed by atoms with Crippen LogP contribution in [-0.4, -0.2) is 19.0 Å². The third-order valence-corrected chi connectivity index (χ3v) is 2.46. The van der Waals surface area contributed by atoms with Gasteiger partial charge in [-0.05, 0) is 6.92 Å². The van der Waals surface area contributed by atoms with E-state index in [1.165, 1.54) is 20.1 Å². The molecule has 0 spiro atoms. The van der Waals surface area contributed by atoms with Crippen molar-refractivity contribution in [3.05, 3.63) is 38.3 Å². The Morgan fingerprint density at radius 2 is 1.95 bits per heavy atom. The summed E-state index contributed by atoms with van der Waals surface area (Å²) in [4.78, 5) is 23.0. The Balaban J connectivity index is 0.00000200. The van der Waals surface area contributed by atoms with Gasteiger partial charge in [-0.15, -0.1) is 0 Å². The smallest absolute Gasteiger partial charge is 0.660 e. The number of fused-ring (bicyclic) bond motifs is 2. The quantitative estimate of drug-likeness (QED) is 0.270. The number of benzene rings is 1. The van der Waals surface area contributed by atoms with Gasteiger partial charge in [-0.1, -0.05) is 6.58 Å². The average molecular weight is 516 g/mol. The van der Waals surface area contributed by atoms with Crippen LogP contribution >= 0.6 is 0 Å². The number of esters is 2. The van der Waals surface area contributed by atoms with Gasteiger partial charge in [0.2, 0.25) is 5.75 Å². The maximum atomic E-state index is 11.5. The summed E-state index contributed by atoms with van der Waals surface area (Å²) in [5.74, 6) is -1.05. The molecule has 0 aliphatic heterocycles. The number of hydrogen-bond donors (Lipinski definition) is 0. The van der Waals surface area contributed by atoms with E-state index in [1.807, 2.05) is 0 Å². The van der Waals surface area contributed by atoms with E-state index in [2.05, 4.69) is 18.4 Å². The Morgan fingerprint density at radius 3 is 2.43 bits per heavy atom. The molecule has 0 amide bonds. The maximum Gasteiger partial charge on any atom is 2.00 e. The van der Waals surface area contributed by atoms with Crippen molar-refractivity contribution in [2.75, 3.05) is 7.11 Å². The summed E-state index contributed by atoms with van der Waals surface area (Å²) in [5, 5.41) is 0. The molecule has 0 N–H and O–H groups in total. The second-order valence-corrected chi connectivity index (χ2v) is 3.82. The molecule has 0 aromatic carbocycles. The van der Waals surface area contributed by atoms with Crippen molar-refractivity contribution in [2.24, 2.45) is 0 Å².